The molecule has 0 rings (SSSR count). The molecule has 0 radical (unpaired) electrons. The highest BCUT2D eigenvalue weighted by molar-refractivity contribution is 7.99. The maximum atomic E-state index is 3.75. The lowest BCUT2D eigenvalue weighted by Gasteiger charge is -2.24. The maximum absolute atomic E-state index is 3.75. The van der Waals surface area contributed by atoms with Crippen LogP contribution in [0.3, 0.4) is 0 Å². The molecule has 0 aliphatic carbocycles. The van der Waals surface area contributed by atoms with Crippen LogP contribution in [0.15, 0.2) is 0 Å². The van der Waals surface area contributed by atoms with Gasteiger partial charge in [0.25, 0.3) is 0 Å². The molecular formula is C13H29NS. The van der Waals surface area contributed by atoms with Crippen molar-refractivity contribution in [1.82, 2.24) is 5.32 Å². The van der Waals surface area contributed by atoms with E-state index < -0.39 is 0 Å². The fourth-order valence-corrected chi connectivity index (χ4v) is 2.44. The first-order valence-corrected chi connectivity index (χ1v) is 7.63. The Labute approximate surface area is 101 Å². The summed E-state index contributed by atoms with van der Waals surface area (Å²) in [6.07, 6.45) is 3.88. The Morgan fingerprint density at radius 1 is 1.07 bits per heavy atom. The lowest BCUT2D eigenvalue weighted by molar-refractivity contribution is 0.365. The molecule has 0 aromatic carbocycles. The van der Waals surface area contributed by atoms with Crippen molar-refractivity contribution in [2.24, 2.45) is 5.92 Å². The van der Waals surface area contributed by atoms with Crippen LogP contribution in [0, 0.1) is 5.92 Å². The third-order valence-corrected chi connectivity index (χ3v) is 4.11. The minimum absolute atomic E-state index is 0.656. The Hall–Kier alpha value is 0.310. The Kier molecular flexibility index (Phi) is 9.73. The van der Waals surface area contributed by atoms with Gasteiger partial charge < -0.3 is 5.32 Å². The van der Waals surface area contributed by atoms with Crippen LogP contribution in [0.5, 0.6) is 0 Å². The third-order valence-electron chi connectivity index (χ3n) is 2.97. The van der Waals surface area contributed by atoms with Crippen molar-refractivity contribution >= 4 is 11.8 Å². The molecule has 3 unspecified atom stereocenters. The van der Waals surface area contributed by atoms with Crippen molar-refractivity contribution < 1.29 is 0 Å². The van der Waals surface area contributed by atoms with E-state index in [9.17, 15) is 0 Å². The largest absolute Gasteiger partial charge is 0.311 e. The zero-order valence-corrected chi connectivity index (χ0v) is 12.0. The van der Waals surface area contributed by atoms with E-state index in [0.29, 0.717) is 12.1 Å². The van der Waals surface area contributed by atoms with Gasteiger partial charge in [0.2, 0.25) is 0 Å². The fraction of sp³-hybridized carbons (Fsp3) is 1.00. The molecule has 0 heterocycles. The van der Waals surface area contributed by atoms with E-state index in [1.807, 2.05) is 11.8 Å². The van der Waals surface area contributed by atoms with Crippen LogP contribution < -0.4 is 5.32 Å². The summed E-state index contributed by atoms with van der Waals surface area (Å²) in [5, 5.41) is 3.75. The van der Waals surface area contributed by atoms with E-state index in [-0.39, 0.29) is 0 Å². The van der Waals surface area contributed by atoms with Gasteiger partial charge in [0.05, 0.1) is 0 Å². The van der Waals surface area contributed by atoms with Gasteiger partial charge in [-0.3, -0.25) is 0 Å². The second-order valence-corrected chi connectivity index (χ2v) is 5.90. The van der Waals surface area contributed by atoms with Crippen LogP contribution in [0.25, 0.3) is 0 Å². The van der Waals surface area contributed by atoms with Crippen LogP contribution in [-0.2, 0) is 0 Å². The summed E-state index contributed by atoms with van der Waals surface area (Å²) in [5.41, 5.74) is 0. The lowest BCUT2D eigenvalue weighted by Crippen LogP contribution is -2.38. The summed E-state index contributed by atoms with van der Waals surface area (Å²) in [6, 6.07) is 1.37. The van der Waals surface area contributed by atoms with Crippen molar-refractivity contribution in [1.29, 1.82) is 0 Å². The monoisotopic (exact) mass is 231 g/mol. The Morgan fingerprint density at radius 3 is 2.20 bits per heavy atom. The molecule has 0 spiro atoms. The zero-order chi connectivity index (χ0) is 11.7. The van der Waals surface area contributed by atoms with Gasteiger partial charge in [-0.1, -0.05) is 34.1 Å². The second-order valence-electron chi connectivity index (χ2n) is 4.58. The smallest absolute Gasteiger partial charge is 0.0132 e. The molecule has 0 saturated carbocycles. The van der Waals surface area contributed by atoms with Crippen molar-refractivity contribution in [2.75, 3.05) is 11.5 Å². The van der Waals surface area contributed by atoms with Crippen LogP contribution in [0.1, 0.15) is 53.9 Å². The Balaban J connectivity index is 3.76. The van der Waals surface area contributed by atoms with Gasteiger partial charge in [0.1, 0.15) is 0 Å². The van der Waals surface area contributed by atoms with Crippen LogP contribution in [0.2, 0.25) is 0 Å². The minimum Gasteiger partial charge on any atom is -0.311 e. The minimum atomic E-state index is 0.656. The molecule has 15 heavy (non-hydrogen) atoms. The first-order valence-electron chi connectivity index (χ1n) is 6.47. The predicted octanol–water partition coefficient (Wildman–Crippen LogP) is 3.93. The van der Waals surface area contributed by atoms with Crippen LogP contribution >= 0.6 is 11.8 Å². The summed E-state index contributed by atoms with van der Waals surface area (Å²) < 4.78 is 0. The molecule has 0 fully saturated rings. The molecule has 0 aromatic rings. The molecule has 0 amide bonds. The third kappa shape index (κ3) is 8.15. The van der Waals surface area contributed by atoms with Gasteiger partial charge in [-0.15, -0.1) is 0 Å². The second kappa shape index (κ2) is 9.53. The maximum Gasteiger partial charge on any atom is 0.0132 e. The van der Waals surface area contributed by atoms with Gasteiger partial charge in [-0.05, 0) is 31.4 Å². The fourth-order valence-electron chi connectivity index (χ4n) is 1.75. The average molecular weight is 231 g/mol. The first kappa shape index (κ1) is 15.3. The quantitative estimate of drug-likeness (QED) is 0.645. The summed E-state index contributed by atoms with van der Waals surface area (Å²) >= 11 is 2.03. The van der Waals surface area contributed by atoms with E-state index in [4.69, 9.17) is 0 Å². The van der Waals surface area contributed by atoms with E-state index in [0.717, 1.165) is 5.92 Å². The van der Waals surface area contributed by atoms with E-state index in [1.165, 1.54) is 30.8 Å². The summed E-state index contributed by atoms with van der Waals surface area (Å²) in [7, 11) is 0. The summed E-state index contributed by atoms with van der Waals surface area (Å²) in [5.74, 6) is 3.33. The van der Waals surface area contributed by atoms with E-state index in [1.54, 1.807) is 0 Å². The molecule has 1 N–H and O–H groups in total. The predicted molar refractivity (Wildman–Crippen MR) is 73.7 cm³/mol. The standard InChI is InChI=1S/C13H29NS/c1-6-11(4)9-13(7-2)14-12(5)10-15-8-3/h11-14H,6-10H2,1-5H3. The highest BCUT2D eigenvalue weighted by Gasteiger charge is 2.12. The zero-order valence-electron chi connectivity index (χ0n) is 11.2. The van der Waals surface area contributed by atoms with Crippen molar-refractivity contribution in [3.05, 3.63) is 0 Å². The van der Waals surface area contributed by atoms with Crippen molar-refractivity contribution in [3.63, 3.8) is 0 Å². The summed E-state index contributed by atoms with van der Waals surface area (Å²) in [4.78, 5) is 0. The SMILES string of the molecule is CCSCC(C)NC(CC)CC(C)CC. The average Bonchev–Trinajstić information content (AvgIpc) is 2.25. The van der Waals surface area contributed by atoms with E-state index in [2.05, 4.69) is 39.9 Å². The molecular weight excluding hydrogens is 202 g/mol. The molecule has 3 atom stereocenters. The molecule has 0 aliphatic heterocycles. The Morgan fingerprint density at radius 2 is 1.73 bits per heavy atom. The number of rotatable bonds is 9. The number of thioether (sulfide) groups is 1. The highest BCUT2D eigenvalue weighted by atomic mass is 32.2. The topological polar surface area (TPSA) is 12.0 Å². The van der Waals surface area contributed by atoms with Crippen molar-refractivity contribution in [2.45, 2.75) is 66.0 Å². The van der Waals surface area contributed by atoms with Crippen molar-refractivity contribution in [3.8, 4) is 0 Å². The van der Waals surface area contributed by atoms with Gasteiger partial charge in [0.15, 0.2) is 0 Å². The number of hydrogen-bond acceptors (Lipinski definition) is 2. The highest BCUT2D eigenvalue weighted by Crippen LogP contribution is 2.13. The Bertz CT molecular complexity index is 138. The van der Waals surface area contributed by atoms with Gasteiger partial charge in [-0.2, -0.15) is 11.8 Å². The number of nitrogens with one attached hydrogen (secondary N) is 1. The molecule has 92 valence electrons. The molecule has 2 heteroatoms. The van der Waals surface area contributed by atoms with Crippen LogP contribution in [0.4, 0.5) is 0 Å². The summed E-state index contributed by atoms with van der Waals surface area (Å²) in [6.45, 7) is 11.5. The van der Waals surface area contributed by atoms with Gasteiger partial charge >= 0.3 is 0 Å². The molecule has 1 nitrogen and oxygen atoms in total. The molecule has 0 bridgehead atoms. The molecule has 0 saturated heterocycles. The van der Waals surface area contributed by atoms with Gasteiger partial charge in [0, 0.05) is 17.8 Å². The first-order chi connectivity index (χ1) is 7.13. The van der Waals surface area contributed by atoms with Crippen LogP contribution in [-0.4, -0.2) is 23.6 Å². The molecule has 0 aromatic heterocycles. The lowest BCUT2D eigenvalue weighted by atomic mass is 9.97. The number of hydrogen-bond donors (Lipinski definition) is 1. The van der Waals surface area contributed by atoms with Gasteiger partial charge in [-0.25, -0.2) is 0 Å². The molecule has 0 aliphatic rings. The van der Waals surface area contributed by atoms with E-state index >= 15 is 0 Å². The normalized spacial score (nSPS) is 17.4.